The number of hydrogen-bond acceptors (Lipinski definition) is 2. The van der Waals surface area contributed by atoms with Gasteiger partial charge in [-0.2, -0.15) is 0 Å². The summed E-state index contributed by atoms with van der Waals surface area (Å²) >= 11 is 0. The molecule has 0 aromatic carbocycles. The molecule has 0 radical (unpaired) electrons. The lowest BCUT2D eigenvalue weighted by atomic mass is 9.81. The predicted octanol–water partition coefficient (Wildman–Crippen LogP) is 4.40. The number of rotatable bonds is 7. The summed E-state index contributed by atoms with van der Waals surface area (Å²) in [5.74, 6) is 7.43. The van der Waals surface area contributed by atoms with Crippen LogP contribution in [0.4, 0.5) is 0 Å². The molecular weight excluding hydrogens is 284 g/mol. The molecule has 128 valence electrons. The first-order valence-electron chi connectivity index (χ1n) is 9.02. The van der Waals surface area contributed by atoms with E-state index in [0.717, 1.165) is 12.3 Å². The minimum atomic E-state index is -0.802. The van der Waals surface area contributed by atoms with Crippen molar-refractivity contribution in [2.45, 2.75) is 71.0 Å². The van der Waals surface area contributed by atoms with Crippen LogP contribution in [-0.4, -0.2) is 22.4 Å². The monoisotopic (exact) mass is 316 g/mol. The van der Waals surface area contributed by atoms with E-state index in [-0.39, 0.29) is 0 Å². The molecule has 0 aliphatic heterocycles. The summed E-state index contributed by atoms with van der Waals surface area (Å²) in [4.78, 5) is 0. The maximum atomic E-state index is 9.66. The van der Waals surface area contributed by atoms with Crippen LogP contribution in [0.5, 0.6) is 0 Å². The zero-order valence-electron chi connectivity index (χ0n) is 14.6. The Morgan fingerprint density at radius 3 is 2.39 bits per heavy atom. The van der Waals surface area contributed by atoms with E-state index in [9.17, 15) is 10.2 Å². The molecule has 2 heteroatoms. The Morgan fingerprint density at radius 1 is 1.00 bits per heavy atom. The Morgan fingerprint density at radius 2 is 1.70 bits per heavy atom. The Hall–Kier alpha value is -1.30. The first kappa shape index (κ1) is 19.7. The maximum Gasteiger partial charge on any atom is 0.0982 e. The number of hydrogen-bond donors (Lipinski definition) is 2. The molecule has 0 aromatic rings. The van der Waals surface area contributed by atoms with Gasteiger partial charge in [-0.3, -0.25) is 0 Å². The van der Waals surface area contributed by atoms with Crippen molar-refractivity contribution in [1.29, 1.82) is 0 Å². The minimum absolute atomic E-state index is 0.610. The Labute approximate surface area is 142 Å². The summed E-state index contributed by atoms with van der Waals surface area (Å²) < 4.78 is 0. The quantitative estimate of drug-likeness (QED) is 0.540. The summed E-state index contributed by atoms with van der Waals surface area (Å²) in [6, 6.07) is 0. The lowest BCUT2D eigenvalue weighted by molar-refractivity contribution is 0.0428. The van der Waals surface area contributed by atoms with E-state index in [0.29, 0.717) is 12.3 Å². The lowest BCUT2D eigenvalue weighted by Crippen LogP contribution is -2.23. The van der Waals surface area contributed by atoms with Crippen molar-refractivity contribution in [3.63, 3.8) is 0 Å². The van der Waals surface area contributed by atoms with Crippen LogP contribution < -0.4 is 0 Å². The fourth-order valence-electron chi connectivity index (χ4n) is 2.99. The van der Waals surface area contributed by atoms with Crippen molar-refractivity contribution in [3.05, 3.63) is 36.5 Å². The number of aliphatic hydroxyl groups excluding tert-OH is 2. The Balaban J connectivity index is 2.29. The molecule has 23 heavy (non-hydrogen) atoms. The fraction of sp³-hybridized carbons (Fsp3) is 0.619. The summed E-state index contributed by atoms with van der Waals surface area (Å²) in [6.45, 7) is 4.27. The molecule has 1 rings (SSSR count). The Kier molecular flexibility index (Phi) is 10.4. The van der Waals surface area contributed by atoms with E-state index in [1.165, 1.54) is 32.1 Å². The van der Waals surface area contributed by atoms with Crippen LogP contribution in [0.25, 0.3) is 0 Å². The van der Waals surface area contributed by atoms with E-state index < -0.39 is 12.2 Å². The van der Waals surface area contributed by atoms with Crippen molar-refractivity contribution in [1.82, 2.24) is 0 Å². The molecule has 1 aliphatic carbocycles. The van der Waals surface area contributed by atoms with E-state index >= 15 is 0 Å². The number of aliphatic hydroxyl groups is 2. The van der Waals surface area contributed by atoms with Crippen molar-refractivity contribution < 1.29 is 10.2 Å². The second kappa shape index (κ2) is 12.2. The standard InChI is InChI=1S/C21H32O2/c1-3-13-20(22)21(23)17-12-7-5-4-6-9-14-18(2)19-15-10-8-11-16-19/h5,7,9,12,14,17-23H,3,8,10-11,13,15-16H2,1-2H3/b7-5+,14-9+,17-12+/t18?,20-,21+/m0/s1. The van der Waals surface area contributed by atoms with Gasteiger partial charge in [0.05, 0.1) is 12.2 Å². The first-order valence-corrected chi connectivity index (χ1v) is 9.02. The summed E-state index contributed by atoms with van der Waals surface area (Å²) in [7, 11) is 0. The zero-order valence-corrected chi connectivity index (χ0v) is 14.6. The summed E-state index contributed by atoms with van der Waals surface area (Å²) in [6.07, 6.45) is 17.9. The third-order valence-electron chi connectivity index (χ3n) is 4.54. The smallest absolute Gasteiger partial charge is 0.0982 e. The zero-order chi connectivity index (χ0) is 16.9. The minimum Gasteiger partial charge on any atom is -0.390 e. The van der Waals surface area contributed by atoms with Gasteiger partial charge >= 0.3 is 0 Å². The van der Waals surface area contributed by atoms with E-state index in [2.05, 4.69) is 24.8 Å². The predicted molar refractivity (Wildman–Crippen MR) is 97.9 cm³/mol. The molecule has 0 spiro atoms. The molecule has 0 aromatic heterocycles. The molecule has 1 fully saturated rings. The lowest BCUT2D eigenvalue weighted by Gasteiger charge is -2.25. The van der Waals surface area contributed by atoms with Crippen LogP contribution in [0, 0.1) is 23.7 Å². The summed E-state index contributed by atoms with van der Waals surface area (Å²) in [5.41, 5.74) is 0. The van der Waals surface area contributed by atoms with Gasteiger partial charge in [-0.05, 0) is 43.3 Å². The van der Waals surface area contributed by atoms with Gasteiger partial charge < -0.3 is 10.2 Å². The molecule has 1 saturated carbocycles. The van der Waals surface area contributed by atoms with Crippen molar-refractivity contribution in [3.8, 4) is 11.8 Å². The third kappa shape index (κ3) is 8.79. The van der Waals surface area contributed by atoms with Crippen LogP contribution in [-0.2, 0) is 0 Å². The van der Waals surface area contributed by atoms with Crippen molar-refractivity contribution >= 4 is 0 Å². The normalized spacial score (nSPS) is 20.7. The molecular formula is C21H32O2. The van der Waals surface area contributed by atoms with Gasteiger partial charge in [-0.1, -0.05) is 75.7 Å². The van der Waals surface area contributed by atoms with Crippen LogP contribution in [0.15, 0.2) is 36.5 Å². The second-order valence-corrected chi connectivity index (χ2v) is 6.50. The molecule has 0 bridgehead atoms. The van der Waals surface area contributed by atoms with Gasteiger partial charge in [-0.15, -0.1) is 0 Å². The van der Waals surface area contributed by atoms with E-state index in [1.807, 2.05) is 13.0 Å². The van der Waals surface area contributed by atoms with Crippen molar-refractivity contribution in [2.24, 2.45) is 11.8 Å². The van der Waals surface area contributed by atoms with Crippen LogP contribution in [0.2, 0.25) is 0 Å². The molecule has 0 amide bonds. The van der Waals surface area contributed by atoms with E-state index in [4.69, 9.17) is 0 Å². The second-order valence-electron chi connectivity index (χ2n) is 6.50. The van der Waals surface area contributed by atoms with E-state index in [1.54, 1.807) is 24.3 Å². The highest BCUT2D eigenvalue weighted by Crippen LogP contribution is 2.30. The molecule has 3 atom stereocenters. The Bertz CT molecular complexity index is 444. The highest BCUT2D eigenvalue weighted by Gasteiger charge is 2.17. The first-order chi connectivity index (χ1) is 11.1. The molecule has 1 aliphatic rings. The van der Waals surface area contributed by atoms with Gasteiger partial charge in [0, 0.05) is 0 Å². The highest BCUT2D eigenvalue weighted by atomic mass is 16.3. The topological polar surface area (TPSA) is 40.5 Å². The van der Waals surface area contributed by atoms with Crippen LogP contribution in [0.1, 0.15) is 58.8 Å². The van der Waals surface area contributed by atoms with Crippen molar-refractivity contribution in [2.75, 3.05) is 0 Å². The molecule has 1 unspecified atom stereocenters. The highest BCUT2D eigenvalue weighted by molar-refractivity contribution is 5.26. The largest absolute Gasteiger partial charge is 0.390 e. The average molecular weight is 316 g/mol. The molecule has 0 saturated heterocycles. The average Bonchev–Trinajstić information content (AvgIpc) is 2.57. The molecule has 2 nitrogen and oxygen atoms in total. The van der Waals surface area contributed by atoms with Crippen LogP contribution in [0.3, 0.4) is 0 Å². The fourth-order valence-corrected chi connectivity index (χ4v) is 2.99. The van der Waals surface area contributed by atoms with Gasteiger partial charge in [-0.25, -0.2) is 0 Å². The SMILES string of the molecule is CCC[C@H](O)[C@H](O)/C=C/C=C/C#C/C=C/C(C)C1CCCCC1. The van der Waals surface area contributed by atoms with Gasteiger partial charge in [0.1, 0.15) is 0 Å². The maximum absolute atomic E-state index is 9.66. The summed E-state index contributed by atoms with van der Waals surface area (Å²) in [5, 5.41) is 19.2. The third-order valence-corrected chi connectivity index (χ3v) is 4.54. The van der Waals surface area contributed by atoms with Crippen LogP contribution >= 0.6 is 0 Å². The molecule has 0 heterocycles. The van der Waals surface area contributed by atoms with Gasteiger partial charge in [0.25, 0.3) is 0 Å². The van der Waals surface area contributed by atoms with Gasteiger partial charge in [0.15, 0.2) is 0 Å². The number of allylic oxidation sites excluding steroid dienone is 5. The molecule has 2 N–H and O–H groups in total. The van der Waals surface area contributed by atoms with Gasteiger partial charge in [0.2, 0.25) is 0 Å².